The van der Waals surface area contributed by atoms with Crippen molar-refractivity contribution in [3.8, 4) is 5.75 Å². The number of piperidine rings is 1. The van der Waals surface area contributed by atoms with E-state index in [9.17, 15) is 13.2 Å². The van der Waals surface area contributed by atoms with Gasteiger partial charge in [0.05, 0.1) is 17.0 Å². The van der Waals surface area contributed by atoms with Crippen LogP contribution in [-0.4, -0.2) is 36.0 Å². The molecule has 1 aromatic carbocycles. The van der Waals surface area contributed by atoms with Crippen LogP contribution in [0.25, 0.3) is 0 Å². The van der Waals surface area contributed by atoms with Gasteiger partial charge in [-0.3, -0.25) is 0 Å². The molecule has 3 atom stereocenters. The lowest BCUT2D eigenvalue weighted by Crippen LogP contribution is -2.50. The average molecular weight is 482 g/mol. The molecular formula is C27H35ClF3NO. The molecule has 0 bridgehead atoms. The summed E-state index contributed by atoms with van der Waals surface area (Å²) in [6.07, 6.45) is 9.26. The summed E-state index contributed by atoms with van der Waals surface area (Å²) < 4.78 is 44.4. The van der Waals surface area contributed by atoms with E-state index >= 15 is 0 Å². The summed E-state index contributed by atoms with van der Waals surface area (Å²) in [6, 6.07) is 5.05. The first-order valence-electron chi connectivity index (χ1n) is 12.2. The topological polar surface area (TPSA) is 12.5 Å². The van der Waals surface area contributed by atoms with E-state index in [2.05, 4.69) is 37.0 Å². The molecule has 2 fully saturated rings. The maximum absolute atomic E-state index is 12.8. The zero-order valence-corrected chi connectivity index (χ0v) is 20.4. The highest BCUT2D eigenvalue weighted by Gasteiger charge is 2.43. The van der Waals surface area contributed by atoms with E-state index in [0.717, 1.165) is 51.0 Å². The van der Waals surface area contributed by atoms with E-state index in [1.165, 1.54) is 37.0 Å². The van der Waals surface area contributed by atoms with E-state index in [4.69, 9.17) is 16.3 Å². The summed E-state index contributed by atoms with van der Waals surface area (Å²) in [5, 5.41) is 0. The minimum atomic E-state index is -4.32. The molecule has 1 saturated carbocycles. The Kier molecular flexibility index (Phi) is 7.21. The Labute approximate surface area is 200 Å². The van der Waals surface area contributed by atoms with Crippen LogP contribution in [0.2, 0.25) is 0 Å². The highest BCUT2D eigenvalue weighted by Crippen LogP contribution is 2.50. The molecule has 0 spiro atoms. The average Bonchev–Trinajstić information content (AvgIpc) is 2.75. The molecule has 1 saturated heterocycles. The largest absolute Gasteiger partial charge is 0.493 e. The van der Waals surface area contributed by atoms with Gasteiger partial charge in [0.15, 0.2) is 0 Å². The van der Waals surface area contributed by atoms with Crippen molar-refractivity contribution in [2.75, 3.05) is 26.2 Å². The Bertz CT molecular complexity index is 870. The van der Waals surface area contributed by atoms with Crippen LogP contribution >= 0.6 is 11.6 Å². The van der Waals surface area contributed by atoms with Gasteiger partial charge < -0.3 is 9.64 Å². The van der Waals surface area contributed by atoms with Crippen molar-refractivity contribution in [3.63, 3.8) is 0 Å². The second-order valence-electron chi connectivity index (χ2n) is 10.4. The summed E-state index contributed by atoms with van der Waals surface area (Å²) in [7, 11) is 0. The first-order valence-corrected chi connectivity index (χ1v) is 12.6. The molecule has 0 N–H and O–H groups in total. The molecule has 6 heteroatoms. The normalized spacial score (nSPS) is 29.9. The highest BCUT2D eigenvalue weighted by atomic mass is 35.5. The number of alkyl halides is 4. The lowest BCUT2D eigenvalue weighted by molar-refractivity contribution is -0.137. The van der Waals surface area contributed by atoms with Crippen LogP contribution in [0.1, 0.15) is 57.9 Å². The van der Waals surface area contributed by atoms with Gasteiger partial charge in [0, 0.05) is 24.4 Å². The first kappa shape index (κ1) is 24.7. The van der Waals surface area contributed by atoms with Gasteiger partial charge in [-0.25, -0.2) is 0 Å². The Morgan fingerprint density at radius 2 is 1.88 bits per heavy atom. The second kappa shape index (κ2) is 9.65. The van der Waals surface area contributed by atoms with Crippen molar-refractivity contribution >= 4 is 11.6 Å². The van der Waals surface area contributed by atoms with Crippen molar-refractivity contribution in [2.45, 2.75) is 63.4 Å². The lowest BCUT2D eigenvalue weighted by atomic mass is 9.62. The molecule has 1 aromatic rings. The lowest BCUT2D eigenvalue weighted by Gasteiger charge is -2.49. The number of ether oxygens (including phenoxy) is 1. The van der Waals surface area contributed by atoms with E-state index in [0.29, 0.717) is 24.2 Å². The highest BCUT2D eigenvalue weighted by molar-refractivity contribution is 6.25. The zero-order chi connectivity index (χ0) is 23.7. The molecule has 4 rings (SSSR count). The molecule has 33 heavy (non-hydrogen) atoms. The number of benzene rings is 1. The maximum atomic E-state index is 12.8. The van der Waals surface area contributed by atoms with Crippen molar-refractivity contribution < 1.29 is 17.9 Å². The molecule has 2 nitrogen and oxygen atoms in total. The van der Waals surface area contributed by atoms with Crippen LogP contribution < -0.4 is 4.74 Å². The first-order chi connectivity index (χ1) is 15.6. The predicted molar refractivity (Wildman–Crippen MR) is 128 cm³/mol. The summed E-state index contributed by atoms with van der Waals surface area (Å²) in [5.74, 6) is 1.47. The fourth-order valence-corrected chi connectivity index (χ4v) is 5.78. The van der Waals surface area contributed by atoms with E-state index in [1.54, 1.807) is 0 Å². The number of rotatable bonds is 7. The summed E-state index contributed by atoms with van der Waals surface area (Å²) in [5.41, 5.74) is 1.04. The van der Waals surface area contributed by atoms with E-state index in [1.807, 2.05) is 0 Å². The third-order valence-electron chi connectivity index (χ3n) is 7.93. The molecule has 0 amide bonds. The number of likely N-dealkylation sites (tertiary alicyclic amines) is 1. The molecule has 3 unspecified atom stereocenters. The van der Waals surface area contributed by atoms with Gasteiger partial charge in [0.25, 0.3) is 0 Å². The predicted octanol–water partition coefficient (Wildman–Crippen LogP) is 7.49. The van der Waals surface area contributed by atoms with Crippen LogP contribution in [0.4, 0.5) is 13.2 Å². The zero-order valence-electron chi connectivity index (χ0n) is 19.6. The smallest absolute Gasteiger partial charge is 0.416 e. The molecular weight excluding hydrogens is 447 g/mol. The van der Waals surface area contributed by atoms with Gasteiger partial charge in [-0.05, 0) is 74.9 Å². The summed E-state index contributed by atoms with van der Waals surface area (Å²) in [6.45, 7) is 7.96. The van der Waals surface area contributed by atoms with Gasteiger partial charge in [-0.15, -0.1) is 11.6 Å². The van der Waals surface area contributed by atoms with Crippen molar-refractivity contribution in [1.82, 2.24) is 4.90 Å². The second-order valence-corrected chi connectivity index (χ2v) is 11.3. The number of nitrogens with zero attached hydrogens (tertiary/aromatic N) is 1. The quantitative estimate of drug-likeness (QED) is 0.374. The number of halogens is 4. The standard InChI is InChI=1S/C27H35ClF3NO/c1-3-20-11-16-32(19-26(12-4-13-26)22-9-14-25(2,28)15-10-22)17-21(20)18-33-24-7-5-23(6-8-24)27(29,30)31/h5-10,14,20-21H,3-4,11-13,15-19H2,1-2H3. The van der Waals surface area contributed by atoms with Gasteiger partial charge in [-0.2, -0.15) is 13.2 Å². The molecule has 2 aliphatic carbocycles. The summed E-state index contributed by atoms with van der Waals surface area (Å²) in [4.78, 5) is 2.32. The monoisotopic (exact) mass is 481 g/mol. The van der Waals surface area contributed by atoms with Crippen LogP contribution in [0.3, 0.4) is 0 Å². The maximum Gasteiger partial charge on any atom is 0.416 e. The van der Waals surface area contributed by atoms with Crippen LogP contribution in [0.15, 0.2) is 48.1 Å². The fraction of sp³-hybridized carbons (Fsp3) is 0.630. The number of hydrogen-bond donors (Lipinski definition) is 0. The SMILES string of the molecule is CCC1CCN(CC2(C3=CCC(C)(Cl)C=C3)CCC2)CC1COc1ccc(C(F)(F)F)cc1. The minimum absolute atomic E-state index is 0.238. The molecule has 182 valence electrons. The number of allylic oxidation sites excluding steroid dienone is 3. The van der Waals surface area contributed by atoms with Crippen molar-refractivity contribution in [3.05, 3.63) is 53.6 Å². The van der Waals surface area contributed by atoms with Gasteiger partial charge in [0.2, 0.25) is 0 Å². The van der Waals surface area contributed by atoms with Crippen LogP contribution in [0.5, 0.6) is 5.75 Å². The summed E-state index contributed by atoms with van der Waals surface area (Å²) >= 11 is 6.50. The van der Waals surface area contributed by atoms with Crippen LogP contribution in [-0.2, 0) is 6.18 Å². The number of hydrogen-bond acceptors (Lipinski definition) is 2. The third-order valence-corrected chi connectivity index (χ3v) is 8.21. The minimum Gasteiger partial charge on any atom is -0.493 e. The van der Waals surface area contributed by atoms with Gasteiger partial charge in [-0.1, -0.05) is 38.0 Å². The Morgan fingerprint density at radius 1 is 1.15 bits per heavy atom. The molecule has 1 aliphatic heterocycles. The molecule has 3 aliphatic rings. The van der Waals surface area contributed by atoms with Gasteiger partial charge in [0.1, 0.15) is 5.75 Å². The Balaban J connectivity index is 1.37. The molecule has 0 radical (unpaired) electrons. The molecule has 1 heterocycles. The Hall–Kier alpha value is -1.46. The third kappa shape index (κ3) is 5.79. The van der Waals surface area contributed by atoms with E-state index < -0.39 is 11.7 Å². The van der Waals surface area contributed by atoms with Crippen molar-refractivity contribution in [1.29, 1.82) is 0 Å². The van der Waals surface area contributed by atoms with Gasteiger partial charge >= 0.3 is 6.18 Å². The Morgan fingerprint density at radius 3 is 2.42 bits per heavy atom. The fourth-order valence-electron chi connectivity index (χ4n) is 5.64. The van der Waals surface area contributed by atoms with Crippen LogP contribution in [0, 0.1) is 17.3 Å². The van der Waals surface area contributed by atoms with E-state index in [-0.39, 0.29) is 10.3 Å². The van der Waals surface area contributed by atoms with Crippen molar-refractivity contribution in [2.24, 2.45) is 17.3 Å². The molecule has 0 aromatic heterocycles.